The summed E-state index contributed by atoms with van der Waals surface area (Å²) in [4.78, 5) is 19.3. The quantitative estimate of drug-likeness (QED) is 0.862. The zero-order valence-corrected chi connectivity index (χ0v) is 14.8. The molecular formula is C17H29N5O2. The number of likely N-dealkylation sites (tertiary alicyclic amines) is 1. The fraction of sp³-hybridized carbons (Fsp3) is 0.765. The molecule has 0 spiro atoms. The molecule has 24 heavy (non-hydrogen) atoms. The first-order chi connectivity index (χ1) is 11.6. The van der Waals surface area contributed by atoms with E-state index < -0.39 is 0 Å². The van der Waals surface area contributed by atoms with Gasteiger partial charge >= 0.3 is 0 Å². The molecule has 0 saturated carbocycles. The Morgan fingerprint density at radius 2 is 1.92 bits per heavy atom. The highest BCUT2D eigenvalue weighted by Crippen LogP contribution is 2.19. The lowest BCUT2D eigenvalue weighted by molar-refractivity contribution is -0.117. The van der Waals surface area contributed by atoms with E-state index in [-0.39, 0.29) is 5.91 Å². The minimum Gasteiger partial charge on any atom is -0.360 e. The third kappa shape index (κ3) is 5.03. The van der Waals surface area contributed by atoms with Crippen molar-refractivity contribution in [2.45, 2.75) is 19.8 Å². The molecule has 0 atom stereocenters. The van der Waals surface area contributed by atoms with E-state index >= 15 is 0 Å². The number of nitrogens with one attached hydrogen (secondary N) is 1. The standard InChI is InChI=1S/C17H29N5O2/c1-14-11-16(19-24-14)18-17(23)13-21-5-3-15(4-6-21)12-22-9-7-20(2)8-10-22/h11,15H,3-10,12-13H2,1-2H3,(H,18,19,23). The number of piperidine rings is 1. The van der Waals surface area contributed by atoms with Gasteiger partial charge in [0, 0.05) is 38.8 Å². The predicted molar refractivity (Wildman–Crippen MR) is 93.0 cm³/mol. The van der Waals surface area contributed by atoms with Crippen molar-refractivity contribution in [1.82, 2.24) is 19.9 Å². The lowest BCUT2D eigenvalue weighted by Gasteiger charge is -2.37. The first kappa shape index (κ1) is 17.4. The van der Waals surface area contributed by atoms with Crippen molar-refractivity contribution in [2.24, 2.45) is 5.92 Å². The topological polar surface area (TPSA) is 64.9 Å². The van der Waals surface area contributed by atoms with Crippen LogP contribution in [0.15, 0.2) is 10.6 Å². The molecule has 7 heteroatoms. The van der Waals surface area contributed by atoms with E-state index in [1.54, 1.807) is 6.07 Å². The first-order valence-corrected chi connectivity index (χ1v) is 8.95. The number of amides is 1. The van der Waals surface area contributed by atoms with Crippen LogP contribution in [0.3, 0.4) is 0 Å². The number of carbonyl (C=O) groups is 1. The Kier molecular flexibility index (Phi) is 5.86. The Morgan fingerprint density at radius 3 is 2.54 bits per heavy atom. The lowest BCUT2D eigenvalue weighted by Crippen LogP contribution is -2.47. The van der Waals surface area contributed by atoms with E-state index in [0.717, 1.165) is 19.0 Å². The maximum Gasteiger partial charge on any atom is 0.239 e. The molecule has 1 aromatic rings. The van der Waals surface area contributed by atoms with Crippen molar-refractivity contribution < 1.29 is 9.32 Å². The molecule has 3 rings (SSSR count). The SMILES string of the molecule is Cc1cc(NC(=O)CN2CCC(CN3CCN(C)CC3)CC2)no1. The monoisotopic (exact) mass is 335 g/mol. The molecule has 0 aliphatic carbocycles. The summed E-state index contributed by atoms with van der Waals surface area (Å²) >= 11 is 0. The van der Waals surface area contributed by atoms with E-state index in [1.807, 2.05) is 6.92 Å². The van der Waals surface area contributed by atoms with Gasteiger partial charge in [0.05, 0.1) is 6.54 Å². The summed E-state index contributed by atoms with van der Waals surface area (Å²) in [7, 11) is 2.20. The fourth-order valence-corrected chi connectivity index (χ4v) is 3.53. The van der Waals surface area contributed by atoms with Gasteiger partial charge in [0.25, 0.3) is 0 Å². The average Bonchev–Trinajstić information content (AvgIpc) is 2.96. The number of aromatic nitrogens is 1. The first-order valence-electron chi connectivity index (χ1n) is 8.95. The zero-order valence-electron chi connectivity index (χ0n) is 14.8. The average molecular weight is 335 g/mol. The van der Waals surface area contributed by atoms with Crippen LogP contribution in [0.25, 0.3) is 0 Å². The molecule has 134 valence electrons. The number of aryl methyl sites for hydroxylation is 1. The number of carbonyl (C=O) groups excluding carboxylic acids is 1. The predicted octanol–water partition coefficient (Wildman–Crippen LogP) is 0.881. The molecular weight excluding hydrogens is 306 g/mol. The number of hydrogen-bond donors (Lipinski definition) is 1. The molecule has 0 bridgehead atoms. The summed E-state index contributed by atoms with van der Waals surface area (Å²) in [5.74, 6) is 1.96. The van der Waals surface area contributed by atoms with Crippen LogP contribution in [0.4, 0.5) is 5.82 Å². The van der Waals surface area contributed by atoms with Gasteiger partial charge < -0.3 is 19.6 Å². The van der Waals surface area contributed by atoms with E-state index in [0.29, 0.717) is 18.1 Å². The molecule has 2 aliphatic heterocycles. The van der Waals surface area contributed by atoms with Crippen molar-refractivity contribution in [2.75, 3.05) is 64.7 Å². The molecule has 0 radical (unpaired) electrons. The Bertz CT molecular complexity index is 531. The van der Waals surface area contributed by atoms with Gasteiger partial charge in [-0.05, 0) is 45.8 Å². The Balaban J connectivity index is 1.35. The van der Waals surface area contributed by atoms with Crippen LogP contribution in [0.5, 0.6) is 0 Å². The minimum absolute atomic E-state index is 0.0131. The van der Waals surface area contributed by atoms with E-state index in [2.05, 4.69) is 32.2 Å². The molecule has 1 amide bonds. The van der Waals surface area contributed by atoms with Crippen LogP contribution in [-0.2, 0) is 4.79 Å². The molecule has 2 saturated heterocycles. The van der Waals surface area contributed by atoms with Crippen molar-refractivity contribution in [3.05, 3.63) is 11.8 Å². The Labute approximate surface area is 143 Å². The molecule has 2 fully saturated rings. The Morgan fingerprint density at radius 1 is 1.21 bits per heavy atom. The number of rotatable bonds is 5. The third-order valence-corrected chi connectivity index (χ3v) is 5.08. The van der Waals surface area contributed by atoms with Gasteiger partial charge in [-0.25, -0.2) is 0 Å². The van der Waals surface area contributed by atoms with Gasteiger partial charge in [0.1, 0.15) is 5.76 Å². The summed E-state index contributed by atoms with van der Waals surface area (Å²) in [5.41, 5.74) is 0. The molecule has 7 nitrogen and oxygen atoms in total. The van der Waals surface area contributed by atoms with Crippen LogP contribution < -0.4 is 5.32 Å². The molecule has 1 N–H and O–H groups in total. The number of hydrogen-bond acceptors (Lipinski definition) is 6. The summed E-state index contributed by atoms with van der Waals surface area (Å²) in [6.45, 7) is 10.2. The maximum atomic E-state index is 12.1. The third-order valence-electron chi connectivity index (χ3n) is 5.08. The van der Waals surface area contributed by atoms with Crippen LogP contribution >= 0.6 is 0 Å². The van der Waals surface area contributed by atoms with Crippen LogP contribution in [-0.4, -0.2) is 85.2 Å². The zero-order chi connectivity index (χ0) is 16.9. The smallest absolute Gasteiger partial charge is 0.239 e. The highest BCUT2D eigenvalue weighted by atomic mass is 16.5. The van der Waals surface area contributed by atoms with Crippen molar-refractivity contribution in [1.29, 1.82) is 0 Å². The molecule has 3 heterocycles. The van der Waals surface area contributed by atoms with Gasteiger partial charge in [0.15, 0.2) is 5.82 Å². The second-order valence-electron chi connectivity index (χ2n) is 7.19. The van der Waals surface area contributed by atoms with Gasteiger partial charge in [-0.2, -0.15) is 0 Å². The van der Waals surface area contributed by atoms with Gasteiger partial charge in [-0.1, -0.05) is 5.16 Å². The van der Waals surface area contributed by atoms with Gasteiger partial charge in [0.2, 0.25) is 5.91 Å². The summed E-state index contributed by atoms with van der Waals surface area (Å²) < 4.78 is 4.96. The van der Waals surface area contributed by atoms with Crippen LogP contribution in [0, 0.1) is 12.8 Å². The largest absolute Gasteiger partial charge is 0.360 e. The van der Waals surface area contributed by atoms with Gasteiger partial charge in [-0.15, -0.1) is 0 Å². The van der Waals surface area contributed by atoms with E-state index in [1.165, 1.54) is 45.6 Å². The number of nitrogens with zero attached hydrogens (tertiary/aromatic N) is 4. The summed E-state index contributed by atoms with van der Waals surface area (Å²) in [5, 5.41) is 6.59. The highest BCUT2D eigenvalue weighted by molar-refractivity contribution is 5.91. The lowest BCUT2D eigenvalue weighted by atomic mass is 9.96. The minimum atomic E-state index is -0.0131. The van der Waals surface area contributed by atoms with E-state index in [4.69, 9.17) is 4.52 Å². The second-order valence-corrected chi connectivity index (χ2v) is 7.19. The maximum absolute atomic E-state index is 12.1. The van der Waals surface area contributed by atoms with Crippen LogP contribution in [0.1, 0.15) is 18.6 Å². The number of piperazine rings is 1. The summed E-state index contributed by atoms with van der Waals surface area (Å²) in [6.07, 6.45) is 2.37. The fourth-order valence-electron chi connectivity index (χ4n) is 3.53. The molecule has 0 aromatic carbocycles. The van der Waals surface area contributed by atoms with Gasteiger partial charge in [-0.3, -0.25) is 9.69 Å². The molecule has 0 unspecified atom stereocenters. The highest BCUT2D eigenvalue weighted by Gasteiger charge is 2.24. The van der Waals surface area contributed by atoms with E-state index in [9.17, 15) is 4.79 Å². The van der Waals surface area contributed by atoms with Crippen molar-refractivity contribution in [3.63, 3.8) is 0 Å². The van der Waals surface area contributed by atoms with Crippen molar-refractivity contribution in [3.8, 4) is 0 Å². The van der Waals surface area contributed by atoms with Crippen molar-refractivity contribution >= 4 is 11.7 Å². The Hall–Kier alpha value is -1.44. The molecule has 2 aliphatic rings. The molecule has 1 aromatic heterocycles. The number of anilines is 1. The second kappa shape index (κ2) is 8.09. The van der Waals surface area contributed by atoms with Crippen LogP contribution in [0.2, 0.25) is 0 Å². The normalized spacial score (nSPS) is 21.9. The summed E-state index contributed by atoms with van der Waals surface area (Å²) in [6, 6.07) is 1.74. The number of likely N-dealkylation sites (N-methyl/N-ethyl adjacent to an activating group) is 1.